The van der Waals surface area contributed by atoms with Crippen LogP contribution >= 0.6 is 22.9 Å². The molecule has 172 valence electrons. The lowest BCUT2D eigenvalue weighted by atomic mass is 10.0. The molecule has 3 heterocycles. The van der Waals surface area contributed by atoms with Crippen molar-refractivity contribution < 1.29 is 9.84 Å². The number of aromatic hydroxyl groups is 1. The number of hydrogen-bond donors (Lipinski definition) is 1. The van der Waals surface area contributed by atoms with Crippen LogP contribution in [0.25, 0.3) is 4.96 Å². The van der Waals surface area contributed by atoms with Gasteiger partial charge in [0.15, 0.2) is 5.82 Å². The van der Waals surface area contributed by atoms with E-state index in [1.165, 1.54) is 11.3 Å². The first-order chi connectivity index (χ1) is 16.1. The Morgan fingerprint density at radius 2 is 1.91 bits per heavy atom. The first-order valence-electron chi connectivity index (χ1n) is 11.0. The van der Waals surface area contributed by atoms with Crippen LogP contribution in [0.5, 0.6) is 11.6 Å². The molecule has 0 bridgehead atoms. The highest BCUT2D eigenvalue weighted by Crippen LogP contribution is 2.41. The summed E-state index contributed by atoms with van der Waals surface area (Å²) in [6, 6.07) is 15.9. The predicted octanol–water partition coefficient (Wildman–Crippen LogP) is 4.63. The summed E-state index contributed by atoms with van der Waals surface area (Å²) in [5, 5.41) is 16.3. The van der Waals surface area contributed by atoms with Crippen molar-refractivity contribution in [2.75, 3.05) is 38.2 Å². The predicted molar refractivity (Wildman–Crippen MR) is 132 cm³/mol. The number of nitrogens with zero attached hydrogens (tertiary/aromatic N) is 5. The number of benzene rings is 2. The van der Waals surface area contributed by atoms with Gasteiger partial charge in [-0.15, -0.1) is 5.10 Å². The van der Waals surface area contributed by atoms with Crippen LogP contribution in [0, 0.1) is 0 Å². The summed E-state index contributed by atoms with van der Waals surface area (Å²) in [6.07, 6.45) is 0.730. The summed E-state index contributed by atoms with van der Waals surface area (Å²) in [5.41, 5.74) is 2.20. The molecule has 0 spiro atoms. The van der Waals surface area contributed by atoms with Gasteiger partial charge in [-0.25, -0.2) is 4.98 Å². The monoisotopic (exact) mass is 483 g/mol. The molecule has 33 heavy (non-hydrogen) atoms. The number of anilines is 1. The summed E-state index contributed by atoms with van der Waals surface area (Å²) < 4.78 is 7.05. The van der Waals surface area contributed by atoms with Gasteiger partial charge in [-0.05, 0) is 35.9 Å². The van der Waals surface area contributed by atoms with Crippen molar-refractivity contribution in [1.82, 2.24) is 19.5 Å². The van der Waals surface area contributed by atoms with Gasteiger partial charge in [0.2, 0.25) is 10.8 Å². The summed E-state index contributed by atoms with van der Waals surface area (Å²) in [7, 11) is 1.67. The van der Waals surface area contributed by atoms with Gasteiger partial charge in [-0.3, -0.25) is 4.90 Å². The average molecular weight is 484 g/mol. The van der Waals surface area contributed by atoms with Crippen molar-refractivity contribution in [3.05, 3.63) is 69.8 Å². The third-order valence-electron chi connectivity index (χ3n) is 6.07. The topological polar surface area (TPSA) is 66.1 Å². The summed E-state index contributed by atoms with van der Waals surface area (Å²) >= 11 is 7.70. The number of halogens is 1. The van der Waals surface area contributed by atoms with E-state index >= 15 is 0 Å². The van der Waals surface area contributed by atoms with E-state index in [0.29, 0.717) is 4.96 Å². The summed E-state index contributed by atoms with van der Waals surface area (Å²) in [5.74, 6) is 1.69. The maximum atomic E-state index is 11.1. The second-order valence-corrected chi connectivity index (χ2v) is 9.49. The normalized spacial score (nSPS) is 15.8. The fourth-order valence-corrected chi connectivity index (χ4v) is 5.69. The van der Waals surface area contributed by atoms with Gasteiger partial charge < -0.3 is 14.7 Å². The van der Waals surface area contributed by atoms with Gasteiger partial charge in [-0.1, -0.05) is 48.1 Å². The molecule has 1 aliphatic rings. The molecule has 5 rings (SSSR count). The highest BCUT2D eigenvalue weighted by atomic mass is 35.5. The Labute approximate surface area is 201 Å². The van der Waals surface area contributed by atoms with Crippen molar-refractivity contribution in [2.24, 2.45) is 0 Å². The van der Waals surface area contributed by atoms with Gasteiger partial charge >= 0.3 is 0 Å². The Kier molecular flexibility index (Phi) is 6.14. The second-order valence-electron chi connectivity index (χ2n) is 8.05. The molecule has 0 amide bonds. The van der Waals surface area contributed by atoms with Crippen molar-refractivity contribution in [2.45, 2.75) is 19.4 Å². The van der Waals surface area contributed by atoms with Crippen molar-refractivity contribution in [3.8, 4) is 11.6 Å². The minimum Gasteiger partial charge on any atom is -0.497 e. The van der Waals surface area contributed by atoms with Gasteiger partial charge in [-0.2, -0.15) is 4.52 Å². The maximum absolute atomic E-state index is 11.1. The van der Waals surface area contributed by atoms with Crippen LogP contribution in [0.3, 0.4) is 0 Å². The Morgan fingerprint density at radius 3 is 2.61 bits per heavy atom. The standard InChI is InChI=1S/C24H26ClN5O2S/c1-3-20-26-24-30(27-20)23(31)22(33-24)21(16-6-4-9-19(14-16)32-2)29-12-10-28(11-13-29)18-8-5-7-17(25)15-18/h4-9,14-15,21,31H,3,10-13H2,1-2H3. The van der Waals surface area contributed by atoms with E-state index in [0.717, 1.165) is 65.3 Å². The van der Waals surface area contributed by atoms with E-state index < -0.39 is 0 Å². The average Bonchev–Trinajstić information content (AvgIpc) is 3.39. The number of aromatic nitrogens is 3. The Morgan fingerprint density at radius 1 is 1.12 bits per heavy atom. The lowest BCUT2D eigenvalue weighted by Crippen LogP contribution is -2.47. The SMILES string of the molecule is CCc1nc2sc(C(c3cccc(OC)c3)N3CCN(c4cccc(Cl)c4)CC3)c(O)n2n1. The third kappa shape index (κ3) is 4.26. The number of methoxy groups -OCH3 is 1. The maximum Gasteiger partial charge on any atom is 0.230 e. The van der Waals surface area contributed by atoms with Crippen molar-refractivity contribution in [3.63, 3.8) is 0 Å². The highest BCUT2D eigenvalue weighted by Gasteiger charge is 2.32. The summed E-state index contributed by atoms with van der Waals surface area (Å²) in [4.78, 5) is 10.9. The van der Waals surface area contributed by atoms with E-state index in [1.54, 1.807) is 11.6 Å². The molecule has 7 nitrogen and oxygen atoms in total. The lowest BCUT2D eigenvalue weighted by Gasteiger charge is -2.40. The van der Waals surface area contributed by atoms with Crippen LogP contribution in [0.15, 0.2) is 48.5 Å². The van der Waals surface area contributed by atoms with E-state index in [9.17, 15) is 5.11 Å². The van der Waals surface area contributed by atoms with E-state index in [-0.39, 0.29) is 11.9 Å². The quantitative estimate of drug-likeness (QED) is 0.431. The fraction of sp³-hybridized carbons (Fsp3) is 0.333. The molecular formula is C24H26ClN5O2S. The Bertz CT molecular complexity index is 1260. The molecule has 1 atom stereocenters. The molecule has 0 radical (unpaired) electrons. The van der Waals surface area contributed by atoms with E-state index in [4.69, 9.17) is 16.3 Å². The van der Waals surface area contributed by atoms with Crippen molar-refractivity contribution >= 4 is 33.6 Å². The molecule has 4 aromatic rings. The van der Waals surface area contributed by atoms with Gasteiger partial charge in [0, 0.05) is 43.3 Å². The molecule has 2 aromatic carbocycles. The minimum atomic E-state index is -0.125. The minimum absolute atomic E-state index is 0.125. The smallest absolute Gasteiger partial charge is 0.230 e. The molecule has 0 aliphatic carbocycles. The van der Waals surface area contributed by atoms with Crippen molar-refractivity contribution in [1.29, 1.82) is 0 Å². The zero-order chi connectivity index (χ0) is 22.9. The van der Waals surface area contributed by atoms with Gasteiger partial charge in [0.25, 0.3) is 0 Å². The molecule has 9 heteroatoms. The van der Waals surface area contributed by atoms with Crippen LogP contribution in [0.1, 0.15) is 29.2 Å². The first kappa shape index (κ1) is 22.0. The van der Waals surface area contributed by atoms with Gasteiger partial charge in [0.05, 0.1) is 18.0 Å². The number of fused-ring (bicyclic) bond motifs is 1. The molecule has 1 N–H and O–H groups in total. The number of thiazole rings is 1. The van der Waals surface area contributed by atoms with Crippen LogP contribution in [-0.2, 0) is 6.42 Å². The molecule has 0 saturated carbocycles. The van der Waals surface area contributed by atoms with Crippen LogP contribution < -0.4 is 9.64 Å². The molecule has 1 fully saturated rings. The van der Waals surface area contributed by atoms with Gasteiger partial charge in [0.1, 0.15) is 5.75 Å². The van der Waals surface area contributed by atoms with E-state index in [1.807, 2.05) is 43.3 Å². The molecule has 1 unspecified atom stereocenters. The fourth-order valence-electron chi connectivity index (χ4n) is 4.37. The van der Waals surface area contributed by atoms with Crippen LogP contribution in [0.4, 0.5) is 5.69 Å². The largest absolute Gasteiger partial charge is 0.497 e. The zero-order valence-corrected chi connectivity index (χ0v) is 20.2. The number of ether oxygens (including phenoxy) is 1. The van der Waals surface area contributed by atoms with E-state index in [2.05, 4.69) is 32.0 Å². The zero-order valence-electron chi connectivity index (χ0n) is 18.6. The number of piperazine rings is 1. The second kappa shape index (κ2) is 9.21. The molecule has 1 saturated heterocycles. The molecular weight excluding hydrogens is 458 g/mol. The number of rotatable bonds is 6. The molecule has 1 aliphatic heterocycles. The molecule has 2 aromatic heterocycles. The first-order valence-corrected chi connectivity index (χ1v) is 12.2. The Hall–Kier alpha value is -2.81. The van der Waals surface area contributed by atoms with Crippen LogP contribution in [-0.4, -0.2) is 57.9 Å². The highest BCUT2D eigenvalue weighted by molar-refractivity contribution is 7.17. The third-order valence-corrected chi connectivity index (χ3v) is 7.38. The number of aryl methyl sites for hydroxylation is 1. The van der Waals surface area contributed by atoms with Crippen LogP contribution in [0.2, 0.25) is 5.02 Å². The summed E-state index contributed by atoms with van der Waals surface area (Å²) in [6.45, 7) is 5.41. The Balaban J connectivity index is 1.49. The lowest BCUT2D eigenvalue weighted by molar-refractivity contribution is 0.211. The number of hydrogen-bond acceptors (Lipinski definition) is 7.